The summed E-state index contributed by atoms with van der Waals surface area (Å²) in [6.45, 7) is 2.05. The molecular weight excluding hydrogens is 162 g/mol. The van der Waals surface area contributed by atoms with Crippen molar-refractivity contribution in [3.63, 3.8) is 0 Å². The molecule has 0 aromatic heterocycles. The van der Waals surface area contributed by atoms with E-state index < -0.39 is 0 Å². The van der Waals surface area contributed by atoms with Gasteiger partial charge in [0.25, 0.3) is 0 Å². The third kappa shape index (κ3) is 1.31. The lowest BCUT2D eigenvalue weighted by Gasteiger charge is -2.15. The quantitative estimate of drug-likeness (QED) is 0.749. The van der Waals surface area contributed by atoms with Crippen LogP contribution < -0.4 is 10.5 Å². The molecule has 1 aromatic carbocycles. The number of hydrogen-bond donors (Lipinski definition) is 1. The fourth-order valence-electron chi connectivity index (χ4n) is 1.72. The Labute approximate surface area is 78.7 Å². The smallest absolute Gasteiger partial charge is 0.126 e. The van der Waals surface area contributed by atoms with E-state index in [4.69, 9.17) is 10.5 Å². The highest BCUT2D eigenvalue weighted by atomic mass is 16.5. The van der Waals surface area contributed by atoms with Crippen LogP contribution in [0.4, 0.5) is 0 Å². The van der Waals surface area contributed by atoms with E-state index in [1.807, 2.05) is 19.1 Å². The fourth-order valence-corrected chi connectivity index (χ4v) is 1.72. The van der Waals surface area contributed by atoms with Gasteiger partial charge in [0, 0.05) is 11.1 Å². The molecule has 0 aliphatic heterocycles. The van der Waals surface area contributed by atoms with E-state index in [9.17, 15) is 0 Å². The highest BCUT2D eigenvalue weighted by molar-refractivity contribution is 5.47. The van der Waals surface area contributed by atoms with Crippen LogP contribution >= 0.6 is 0 Å². The van der Waals surface area contributed by atoms with Gasteiger partial charge in [0.15, 0.2) is 0 Å². The Hall–Kier alpha value is -1.02. The lowest BCUT2D eigenvalue weighted by atomic mass is 10.0. The summed E-state index contributed by atoms with van der Waals surface area (Å²) in [5.41, 5.74) is 8.36. The Bertz CT molecular complexity index is 329. The van der Waals surface area contributed by atoms with E-state index in [1.54, 1.807) is 7.11 Å². The number of nitrogens with two attached hydrogens (primary N) is 1. The van der Waals surface area contributed by atoms with Crippen molar-refractivity contribution >= 4 is 0 Å². The summed E-state index contributed by atoms with van der Waals surface area (Å²) < 4.78 is 5.36. The van der Waals surface area contributed by atoms with Gasteiger partial charge in [-0.2, -0.15) is 0 Å². The molecule has 2 N–H and O–H groups in total. The van der Waals surface area contributed by atoms with Gasteiger partial charge >= 0.3 is 0 Å². The molecule has 1 aliphatic carbocycles. The molecule has 1 aliphatic rings. The Balaban J connectivity index is 2.50. The summed E-state index contributed by atoms with van der Waals surface area (Å²) in [5.74, 6) is 0.961. The summed E-state index contributed by atoms with van der Waals surface area (Å²) in [4.78, 5) is 0. The van der Waals surface area contributed by atoms with Crippen LogP contribution in [0.1, 0.15) is 24.0 Å². The number of benzene rings is 1. The van der Waals surface area contributed by atoms with Crippen LogP contribution in [0.15, 0.2) is 18.2 Å². The molecule has 2 nitrogen and oxygen atoms in total. The normalized spacial score (nSPS) is 18.4. The third-order valence-corrected chi connectivity index (χ3v) is 2.74. The first-order chi connectivity index (χ1) is 6.17. The molecule has 0 spiro atoms. The average Bonchev–Trinajstić information content (AvgIpc) is 2.85. The first kappa shape index (κ1) is 8.57. The predicted molar refractivity (Wildman–Crippen MR) is 52.8 cm³/mol. The minimum Gasteiger partial charge on any atom is -0.496 e. The first-order valence-corrected chi connectivity index (χ1v) is 4.60. The van der Waals surface area contributed by atoms with Crippen molar-refractivity contribution in [1.29, 1.82) is 0 Å². The van der Waals surface area contributed by atoms with Crippen LogP contribution in [0.2, 0.25) is 0 Å². The van der Waals surface area contributed by atoms with Crippen LogP contribution in [0.5, 0.6) is 5.75 Å². The largest absolute Gasteiger partial charge is 0.496 e. The Morgan fingerprint density at radius 2 is 2.08 bits per heavy atom. The Morgan fingerprint density at radius 1 is 1.38 bits per heavy atom. The van der Waals surface area contributed by atoms with E-state index in [2.05, 4.69) is 6.07 Å². The van der Waals surface area contributed by atoms with E-state index in [1.165, 1.54) is 0 Å². The minimum atomic E-state index is -0.0998. The van der Waals surface area contributed by atoms with Crippen molar-refractivity contribution in [2.24, 2.45) is 5.73 Å². The number of rotatable bonds is 2. The van der Waals surface area contributed by atoms with Gasteiger partial charge in [-0.25, -0.2) is 0 Å². The SMILES string of the molecule is COc1c(C)cccc1C1(N)CC1. The molecule has 1 saturated carbocycles. The summed E-state index contributed by atoms with van der Waals surface area (Å²) in [6.07, 6.45) is 2.15. The van der Waals surface area contributed by atoms with Crippen LogP contribution in [-0.2, 0) is 5.54 Å². The zero-order chi connectivity index (χ0) is 9.47. The topological polar surface area (TPSA) is 35.2 Å². The number of ether oxygens (including phenoxy) is 1. The summed E-state index contributed by atoms with van der Waals surface area (Å²) in [7, 11) is 1.71. The van der Waals surface area contributed by atoms with Crippen molar-refractivity contribution in [1.82, 2.24) is 0 Å². The molecule has 1 aromatic rings. The number of para-hydroxylation sites is 1. The molecule has 0 atom stereocenters. The summed E-state index contributed by atoms with van der Waals surface area (Å²) in [5, 5.41) is 0. The minimum absolute atomic E-state index is 0.0998. The maximum absolute atomic E-state index is 6.13. The molecule has 0 bridgehead atoms. The maximum Gasteiger partial charge on any atom is 0.126 e. The van der Waals surface area contributed by atoms with Crippen LogP contribution in [0, 0.1) is 6.92 Å². The zero-order valence-electron chi connectivity index (χ0n) is 8.13. The lowest BCUT2D eigenvalue weighted by Crippen LogP contribution is -2.19. The highest BCUT2D eigenvalue weighted by Crippen LogP contribution is 2.47. The molecule has 0 unspecified atom stereocenters. The van der Waals surface area contributed by atoms with Gasteiger partial charge in [-0.3, -0.25) is 0 Å². The monoisotopic (exact) mass is 177 g/mol. The van der Waals surface area contributed by atoms with Crippen molar-refractivity contribution in [3.8, 4) is 5.75 Å². The average molecular weight is 177 g/mol. The molecule has 1 fully saturated rings. The molecule has 13 heavy (non-hydrogen) atoms. The van der Waals surface area contributed by atoms with E-state index >= 15 is 0 Å². The molecule has 2 heteroatoms. The Kier molecular flexibility index (Phi) is 1.81. The van der Waals surface area contributed by atoms with Gasteiger partial charge in [0.2, 0.25) is 0 Å². The molecule has 0 amide bonds. The second-order valence-corrected chi connectivity index (χ2v) is 3.81. The summed E-state index contributed by atoms with van der Waals surface area (Å²) in [6, 6.07) is 6.16. The highest BCUT2D eigenvalue weighted by Gasteiger charge is 2.42. The number of aryl methyl sites for hydroxylation is 1. The second-order valence-electron chi connectivity index (χ2n) is 3.81. The first-order valence-electron chi connectivity index (χ1n) is 4.60. The molecular formula is C11H15NO. The van der Waals surface area contributed by atoms with Crippen molar-refractivity contribution < 1.29 is 4.74 Å². The van der Waals surface area contributed by atoms with Crippen molar-refractivity contribution in [3.05, 3.63) is 29.3 Å². The van der Waals surface area contributed by atoms with Gasteiger partial charge in [0.1, 0.15) is 5.75 Å². The third-order valence-electron chi connectivity index (χ3n) is 2.74. The van der Waals surface area contributed by atoms with E-state index in [0.29, 0.717) is 0 Å². The predicted octanol–water partition coefficient (Wildman–Crippen LogP) is 1.95. The van der Waals surface area contributed by atoms with Crippen LogP contribution in [-0.4, -0.2) is 7.11 Å². The van der Waals surface area contributed by atoms with E-state index in [-0.39, 0.29) is 5.54 Å². The Morgan fingerprint density at radius 3 is 2.62 bits per heavy atom. The molecule has 0 radical (unpaired) electrons. The molecule has 2 rings (SSSR count). The van der Waals surface area contributed by atoms with Gasteiger partial charge in [-0.15, -0.1) is 0 Å². The van der Waals surface area contributed by atoms with Gasteiger partial charge in [0.05, 0.1) is 7.11 Å². The second kappa shape index (κ2) is 2.74. The zero-order valence-corrected chi connectivity index (χ0v) is 8.13. The van der Waals surface area contributed by atoms with Gasteiger partial charge in [-0.1, -0.05) is 18.2 Å². The van der Waals surface area contributed by atoms with Crippen molar-refractivity contribution in [2.45, 2.75) is 25.3 Å². The van der Waals surface area contributed by atoms with Gasteiger partial charge < -0.3 is 10.5 Å². The maximum atomic E-state index is 6.13. The lowest BCUT2D eigenvalue weighted by molar-refractivity contribution is 0.401. The van der Waals surface area contributed by atoms with Crippen LogP contribution in [0.25, 0.3) is 0 Å². The molecule has 70 valence electrons. The van der Waals surface area contributed by atoms with Gasteiger partial charge in [-0.05, 0) is 25.3 Å². The van der Waals surface area contributed by atoms with Crippen LogP contribution in [0.3, 0.4) is 0 Å². The van der Waals surface area contributed by atoms with Crippen molar-refractivity contribution in [2.75, 3.05) is 7.11 Å². The fraction of sp³-hybridized carbons (Fsp3) is 0.455. The summed E-state index contributed by atoms with van der Waals surface area (Å²) >= 11 is 0. The molecule has 0 heterocycles. The standard InChI is InChI=1S/C11H15NO/c1-8-4-3-5-9(10(8)13-2)11(12)6-7-11/h3-5H,6-7,12H2,1-2H3. The number of hydrogen-bond acceptors (Lipinski definition) is 2. The molecule has 0 saturated heterocycles. The number of methoxy groups -OCH3 is 1. The van der Waals surface area contributed by atoms with E-state index in [0.717, 1.165) is 29.7 Å².